The second-order valence-corrected chi connectivity index (χ2v) is 7.00. The van der Waals surface area contributed by atoms with E-state index in [9.17, 15) is 5.26 Å². The molecule has 1 aliphatic heterocycles. The fourth-order valence-corrected chi connectivity index (χ4v) is 3.52. The van der Waals surface area contributed by atoms with Crippen LogP contribution < -0.4 is 10.2 Å². The molecule has 0 radical (unpaired) electrons. The molecule has 1 atom stereocenters. The predicted octanol–water partition coefficient (Wildman–Crippen LogP) is 3.97. The van der Waals surface area contributed by atoms with Gasteiger partial charge in [0, 0.05) is 31.1 Å². The van der Waals surface area contributed by atoms with E-state index in [1.54, 1.807) is 7.11 Å². The van der Waals surface area contributed by atoms with Gasteiger partial charge in [-0.1, -0.05) is 19.4 Å². The fourth-order valence-electron chi connectivity index (χ4n) is 3.52. The first kappa shape index (κ1) is 19.1. The summed E-state index contributed by atoms with van der Waals surface area (Å²) in [7, 11) is 1.75. The molecule has 1 fully saturated rings. The lowest BCUT2D eigenvalue weighted by atomic mass is 10.1. The number of rotatable bonds is 7. The molecular weight excluding hydrogens is 338 g/mol. The largest absolute Gasteiger partial charge is 0.383 e. The van der Waals surface area contributed by atoms with Gasteiger partial charge < -0.3 is 15.0 Å². The number of nitrogens with zero attached hydrogens (tertiary/aromatic N) is 4. The maximum Gasteiger partial charge on any atom is 0.229 e. The average Bonchev–Trinajstić information content (AvgIpc) is 3.12. The zero-order valence-electron chi connectivity index (χ0n) is 16.3. The van der Waals surface area contributed by atoms with Crippen molar-refractivity contribution >= 4 is 17.5 Å². The van der Waals surface area contributed by atoms with Crippen LogP contribution in [0.15, 0.2) is 24.3 Å². The molecule has 0 aliphatic carbocycles. The Morgan fingerprint density at radius 1 is 1.33 bits per heavy atom. The molecule has 1 aromatic heterocycles. The second-order valence-electron chi connectivity index (χ2n) is 7.00. The summed E-state index contributed by atoms with van der Waals surface area (Å²) in [4.78, 5) is 11.8. The number of hydrogen-bond donors (Lipinski definition) is 1. The molecule has 0 saturated carbocycles. The van der Waals surface area contributed by atoms with Crippen molar-refractivity contribution in [1.82, 2.24) is 9.97 Å². The van der Waals surface area contributed by atoms with Gasteiger partial charge in [-0.2, -0.15) is 10.2 Å². The minimum absolute atomic E-state index is 0.358. The Balaban J connectivity index is 1.91. The number of anilines is 3. The molecule has 0 bridgehead atoms. The summed E-state index contributed by atoms with van der Waals surface area (Å²) in [6, 6.07) is 10.4. The first-order valence-electron chi connectivity index (χ1n) is 9.56. The highest BCUT2D eigenvalue weighted by Gasteiger charge is 2.26. The van der Waals surface area contributed by atoms with Crippen LogP contribution in [0.25, 0.3) is 0 Å². The number of hydrogen-bond acceptors (Lipinski definition) is 6. The van der Waals surface area contributed by atoms with E-state index < -0.39 is 0 Å². The summed E-state index contributed by atoms with van der Waals surface area (Å²) in [5.74, 6) is 1.52. The molecule has 2 heterocycles. The number of nitrogens with one attached hydrogen (secondary N) is 1. The molecule has 142 valence electrons. The third-order valence-corrected chi connectivity index (χ3v) is 4.92. The molecule has 27 heavy (non-hydrogen) atoms. The lowest BCUT2D eigenvalue weighted by molar-refractivity contribution is 0.180. The maximum absolute atomic E-state index is 9.26. The molecular formula is C21H27N5O. The Hall–Kier alpha value is -2.65. The average molecular weight is 365 g/mol. The summed E-state index contributed by atoms with van der Waals surface area (Å²) in [6.07, 6.45) is 4.20. The van der Waals surface area contributed by atoms with Gasteiger partial charge in [0.2, 0.25) is 5.95 Å². The van der Waals surface area contributed by atoms with E-state index in [0.717, 1.165) is 55.0 Å². The van der Waals surface area contributed by atoms with Crippen LogP contribution in [-0.4, -0.2) is 36.3 Å². The van der Waals surface area contributed by atoms with Crippen molar-refractivity contribution in [2.75, 3.05) is 30.5 Å². The van der Waals surface area contributed by atoms with Crippen molar-refractivity contribution in [1.29, 1.82) is 5.26 Å². The van der Waals surface area contributed by atoms with Gasteiger partial charge in [-0.15, -0.1) is 0 Å². The smallest absolute Gasteiger partial charge is 0.229 e. The Kier molecular flexibility index (Phi) is 6.25. The quantitative estimate of drug-likeness (QED) is 0.800. The van der Waals surface area contributed by atoms with Crippen molar-refractivity contribution in [3.8, 4) is 6.07 Å². The maximum atomic E-state index is 9.26. The number of aromatic nitrogens is 2. The van der Waals surface area contributed by atoms with Gasteiger partial charge >= 0.3 is 0 Å². The first-order chi connectivity index (χ1) is 13.1. The summed E-state index contributed by atoms with van der Waals surface area (Å²) in [5, 5.41) is 12.5. The zero-order chi connectivity index (χ0) is 19.2. The Morgan fingerprint density at radius 3 is 2.93 bits per heavy atom. The third kappa shape index (κ3) is 4.55. The second kappa shape index (κ2) is 8.83. The topological polar surface area (TPSA) is 74.1 Å². The Bertz CT molecular complexity index is 830. The predicted molar refractivity (Wildman–Crippen MR) is 107 cm³/mol. The van der Waals surface area contributed by atoms with E-state index in [1.165, 1.54) is 0 Å². The minimum atomic E-state index is 0.358. The third-order valence-electron chi connectivity index (χ3n) is 4.92. The molecule has 1 aromatic carbocycles. The van der Waals surface area contributed by atoms with Crippen LogP contribution in [0.4, 0.5) is 17.5 Å². The van der Waals surface area contributed by atoms with Crippen molar-refractivity contribution < 1.29 is 4.74 Å². The zero-order valence-corrected chi connectivity index (χ0v) is 16.3. The number of nitriles is 1. The summed E-state index contributed by atoms with van der Waals surface area (Å²) >= 11 is 0. The molecule has 3 rings (SSSR count). The van der Waals surface area contributed by atoms with E-state index in [4.69, 9.17) is 9.72 Å². The van der Waals surface area contributed by atoms with Crippen LogP contribution in [-0.2, 0) is 11.2 Å². The normalized spacial score (nSPS) is 16.4. The Labute approximate surface area is 161 Å². The molecule has 1 N–H and O–H groups in total. The van der Waals surface area contributed by atoms with Gasteiger partial charge in [0.15, 0.2) is 0 Å². The van der Waals surface area contributed by atoms with Crippen LogP contribution in [0, 0.1) is 18.3 Å². The molecule has 0 amide bonds. The molecule has 1 unspecified atom stereocenters. The van der Waals surface area contributed by atoms with Crippen molar-refractivity contribution in [3.63, 3.8) is 0 Å². The van der Waals surface area contributed by atoms with Crippen molar-refractivity contribution in [3.05, 3.63) is 41.1 Å². The highest BCUT2D eigenvalue weighted by molar-refractivity contribution is 5.59. The summed E-state index contributed by atoms with van der Waals surface area (Å²) < 4.78 is 5.39. The lowest BCUT2D eigenvalue weighted by Crippen LogP contribution is -2.33. The number of benzene rings is 1. The molecule has 0 spiro atoms. The van der Waals surface area contributed by atoms with E-state index >= 15 is 0 Å². The van der Waals surface area contributed by atoms with Gasteiger partial charge in [-0.05, 0) is 43.9 Å². The van der Waals surface area contributed by atoms with Gasteiger partial charge in [0.05, 0.1) is 24.3 Å². The van der Waals surface area contributed by atoms with E-state index in [0.29, 0.717) is 24.2 Å². The van der Waals surface area contributed by atoms with Gasteiger partial charge in [-0.25, -0.2) is 4.98 Å². The van der Waals surface area contributed by atoms with Crippen LogP contribution in [0.5, 0.6) is 0 Å². The van der Waals surface area contributed by atoms with Gasteiger partial charge in [0.1, 0.15) is 5.82 Å². The van der Waals surface area contributed by atoms with Gasteiger partial charge in [0.25, 0.3) is 0 Å². The fraction of sp³-hybridized carbons (Fsp3) is 0.476. The van der Waals surface area contributed by atoms with E-state index in [-0.39, 0.29) is 0 Å². The van der Waals surface area contributed by atoms with Crippen molar-refractivity contribution in [2.45, 2.75) is 45.6 Å². The minimum Gasteiger partial charge on any atom is -0.383 e. The SMILES string of the molecule is CCCc1cc(N2CCCC2COC)nc(Nc2ccc(C)c(C#N)c2)n1. The van der Waals surface area contributed by atoms with E-state index in [1.807, 2.05) is 25.1 Å². The van der Waals surface area contributed by atoms with Crippen molar-refractivity contribution in [2.24, 2.45) is 0 Å². The molecule has 6 heteroatoms. The highest BCUT2D eigenvalue weighted by Crippen LogP contribution is 2.27. The van der Waals surface area contributed by atoms with E-state index in [2.05, 4.69) is 34.3 Å². The standard InChI is InChI=1S/C21H27N5O/c1-4-6-17-12-20(26-10-5-7-19(26)14-27-3)25-21(23-17)24-18-9-8-15(2)16(11-18)13-22/h8-9,11-12,19H,4-7,10,14H2,1-3H3,(H,23,24,25). The molecule has 2 aromatic rings. The van der Waals surface area contributed by atoms with Crippen LogP contribution >= 0.6 is 0 Å². The van der Waals surface area contributed by atoms with Crippen LogP contribution in [0.2, 0.25) is 0 Å². The van der Waals surface area contributed by atoms with Crippen LogP contribution in [0.1, 0.15) is 43.0 Å². The number of ether oxygens (including phenoxy) is 1. The molecule has 1 saturated heterocycles. The number of aryl methyl sites for hydroxylation is 2. The molecule has 6 nitrogen and oxygen atoms in total. The lowest BCUT2D eigenvalue weighted by Gasteiger charge is -2.26. The monoisotopic (exact) mass is 365 g/mol. The van der Waals surface area contributed by atoms with Crippen LogP contribution in [0.3, 0.4) is 0 Å². The Morgan fingerprint density at radius 2 is 2.19 bits per heavy atom. The summed E-state index contributed by atoms with van der Waals surface area (Å²) in [5.41, 5.74) is 3.47. The highest BCUT2D eigenvalue weighted by atomic mass is 16.5. The molecule has 1 aliphatic rings. The van der Waals surface area contributed by atoms with Gasteiger partial charge in [-0.3, -0.25) is 0 Å². The summed E-state index contributed by atoms with van der Waals surface area (Å²) in [6.45, 7) is 5.78. The number of methoxy groups -OCH3 is 1. The first-order valence-corrected chi connectivity index (χ1v) is 9.56.